The van der Waals surface area contributed by atoms with E-state index in [1.807, 2.05) is 18.2 Å². The van der Waals surface area contributed by atoms with Crippen LogP contribution in [0.1, 0.15) is 40.7 Å². The molecular weight excluding hydrogens is 344 g/mol. The Bertz CT molecular complexity index is 823. The number of carbonyl (C=O) groups is 3. The Balaban J connectivity index is 1.27. The second-order valence-electron chi connectivity index (χ2n) is 8.16. The van der Waals surface area contributed by atoms with Gasteiger partial charge in [0.05, 0.1) is 0 Å². The van der Waals surface area contributed by atoms with Crippen molar-refractivity contribution in [3.05, 3.63) is 34.9 Å². The third kappa shape index (κ3) is 2.95. The molecule has 27 heavy (non-hydrogen) atoms. The molecule has 3 N–H and O–H groups in total. The molecule has 3 amide bonds. The topological polar surface area (TPSA) is 90.5 Å². The number of piperidine rings is 2. The summed E-state index contributed by atoms with van der Waals surface area (Å²) in [5.74, 6) is 0.977. The first-order valence-electron chi connectivity index (χ1n) is 9.81. The van der Waals surface area contributed by atoms with Gasteiger partial charge in [0.1, 0.15) is 6.04 Å². The highest BCUT2D eigenvalue weighted by Gasteiger charge is 2.47. The van der Waals surface area contributed by atoms with Gasteiger partial charge in [0.15, 0.2) is 0 Å². The van der Waals surface area contributed by atoms with Crippen molar-refractivity contribution in [1.29, 1.82) is 0 Å². The Hall–Kier alpha value is -2.25. The molecule has 1 aliphatic carbocycles. The number of benzene rings is 1. The standard InChI is InChI=1S/C20H24N4O3/c25-17-5-4-16(19(26)23-17)24-10-12-3-1-2-11(18(12)20(24)27)7-21-9-15-14-6-13(14)8-22-15/h1-3,13-16,21-22H,4-10H2,(H,23,25,26)/t13-,14-,15+,16?/m0/s1. The molecule has 3 heterocycles. The number of amides is 3. The fourth-order valence-electron chi connectivity index (χ4n) is 4.88. The van der Waals surface area contributed by atoms with Crippen LogP contribution in [0.4, 0.5) is 0 Å². The summed E-state index contributed by atoms with van der Waals surface area (Å²) in [4.78, 5) is 38.2. The second kappa shape index (κ2) is 6.42. The first kappa shape index (κ1) is 16.9. The van der Waals surface area contributed by atoms with Crippen LogP contribution in [0.15, 0.2) is 18.2 Å². The average molecular weight is 368 g/mol. The molecule has 3 aliphatic heterocycles. The minimum Gasteiger partial charge on any atom is -0.322 e. The summed E-state index contributed by atoms with van der Waals surface area (Å²) in [6.07, 6.45) is 2.02. The van der Waals surface area contributed by atoms with Gasteiger partial charge in [0.25, 0.3) is 5.91 Å². The van der Waals surface area contributed by atoms with Crippen LogP contribution in [0.3, 0.4) is 0 Å². The fraction of sp³-hybridized carbons (Fsp3) is 0.550. The highest BCUT2D eigenvalue weighted by Crippen LogP contribution is 2.44. The van der Waals surface area contributed by atoms with E-state index in [2.05, 4.69) is 16.0 Å². The predicted octanol–water partition coefficient (Wildman–Crippen LogP) is 0.145. The average Bonchev–Trinajstić information content (AvgIpc) is 3.21. The predicted molar refractivity (Wildman–Crippen MR) is 97.6 cm³/mol. The molecule has 0 bridgehead atoms. The van der Waals surface area contributed by atoms with Crippen molar-refractivity contribution >= 4 is 17.7 Å². The first-order chi connectivity index (χ1) is 13.1. The van der Waals surface area contributed by atoms with Gasteiger partial charge in [-0.15, -0.1) is 0 Å². The zero-order valence-electron chi connectivity index (χ0n) is 15.2. The number of imide groups is 1. The van der Waals surface area contributed by atoms with Crippen LogP contribution in [0, 0.1) is 11.8 Å². The van der Waals surface area contributed by atoms with Gasteiger partial charge in [-0.2, -0.15) is 0 Å². The number of carbonyl (C=O) groups excluding carboxylic acids is 3. The number of fused-ring (bicyclic) bond motifs is 2. The number of hydrogen-bond acceptors (Lipinski definition) is 5. The van der Waals surface area contributed by atoms with Crippen LogP contribution in [-0.2, 0) is 22.7 Å². The number of rotatable bonds is 5. The van der Waals surface area contributed by atoms with Gasteiger partial charge in [0.2, 0.25) is 11.8 Å². The molecule has 0 radical (unpaired) electrons. The normalized spacial score (nSPS) is 31.7. The third-order valence-corrected chi connectivity index (χ3v) is 6.45. The lowest BCUT2D eigenvalue weighted by Crippen LogP contribution is -2.52. The number of nitrogens with zero attached hydrogens (tertiary/aromatic N) is 1. The molecule has 2 saturated heterocycles. The van der Waals surface area contributed by atoms with Crippen molar-refractivity contribution < 1.29 is 14.4 Å². The smallest absolute Gasteiger partial charge is 0.255 e. The van der Waals surface area contributed by atoms with E-state index in [0.717, 1.165) is 41.6 Å². The minimum absolute atomic E-state index is 0.0989. The van der Waals surface area contributed by atoms with Gasteiger partial charge in [0, 0.05) is 37.7 Å². The lowest BCUT2D eigenvalue weighted by atomic mass is 10.0. The van der Waals surface area contributed by atoms with Gasteiger partial charge < -0.3 is 15.5 Å². The maximum atomic E-state index is 13.0. The number of nitrogens with one attached hydrogen (secondary N) is 3. The van der Waals surface area contributed by atoms with E-state index in [1.54, 1.807) is 4.90 Å². The third-order valence-electron chi connectivity index (χ3n) is 6.45. The van der Waals surface area contributed by atoms with Crippen LogP contribution in [0.2, 0.25) is 0 Å². The van der Waals surface area contributed by atoms with Gasteiger partial charge in [-0.3, -0.25) is 19.7 Å². The molecule has 4 aliphatic rings. The highest BCUT2D eigenvalue weighted by molar-refractivity contribution is 6.05. The summed E-state index contributed by atoms with van der Waals surface area (Å²) < 4.78 is 0. The Morgan fingerprint density at radius 1 is 1.22 bits per heavy atom. The van der Waals surface area contributed by atoms with E-state index in [4.69, 9.17) is 0 Å². The molecule has 5 rings (SSSR count). The van der Waals surface area contributed by atoms with Crippen molar-refractivity contribution in [2.24, 2.45) is 11.8 Å². The SMILES string of the molecule is O=C1CCC(N2Cc3cccc(CNC[C@H]4NC[C@@H]5C[C@@H]54)c3C2=O)C(=O)N1. The monoisotopic (exact) mass is 368 g/mol. The number of hydrogen-bond donors (Lipinski definition) is 3. The quantitative estimate of drug-likeness (QED) is 0.644. The molecule has 142 valence electrons. The van der Waals surface area contributed by atoms with Crippen molar-refractivity contribution in [2.45, 2.75) is 44.4 Å². The minimum atomic E-state index is -0.558. The van der Waals surface area contributed by atoms with E-state index < -0.39 is 6.04 Å². The lowest BCUT2D eigenvalue weighted by Gasteiger charge is -2.29. The first-order valence-corrected chi connectivity index (χ1v) is 9.81. The molecular formula is C20H24N4O3. The molecule has 4 atom stereocenters. The molecule has 7 nitrogen and oxygen atoms in total. The van der Waals surface area contributed by atoms with E-state index in [-0.39, 0.29) is 24.1 Å². The molecule has 0 spiro atoms. The lowest BCUT2D eigenvalue weighted by molar-refractivity contribution is -0.136. The van der Waals surface area contributed by atoms with E-state index in [1.165, 1.54) is 6.42 Å². The summed E-state index contributed by atoms with van der Waals surface area (Å²) >= 11 is 0. The van der Waals surface area contributed by atoms with Crippen LogP contribution >= 0.6 is 0 Å². The van der Waals surface area contributed by atoms with E-state index in [0.29, 0.717) is 25.6 Å². The Labute approximate surface area is 157 Å². The summed E-state index contributed by atoms with van der Waals surface area (Å²) in [6.45, 7) is 3.13. The Kier molecular flexibility index (Phi) is 4.02. The summed E-state index contributed by atoms with van der Waals surface area (Å²) in [7, 11) is 0. The molecule has 3 fully saturated rings. The summed E-state index contributed by atoms with van der Waals surface area (Å²) in [5, 5.41) is 9.41. The van der Waals surface area contributed by atoms with Crippen molar-refractivity contribution in [3.8, 4) is 0 Å². The zero-order chi connectivity index (χ0) is 18.5. The van der Waals surface area contributed by atoms with Crippen LogP contribution in [0.25, 0.3) is 0 Å². The zero-order valence-corrected chi connectivity index (χ0v) is 15.2. The van der Waals surface area contributed by atoms with Crippen LogP contribution < -0.4 is 16.0 Å². The maximum Gasteiger partial charge on any atom is 0.255 e. The van der Waals surface area contributed by atoms with E-state index >= 15 is 0 Å². The van der Waals surface area contributed by atoms with Gasteiger partial charge >= 0.3 is 0 Å². The fourth-order valence-corrected chi connectivity index (χ4v) is 4.88. The van der Waals surface area contributed by atoms with Crippen molar-refractivity contribution in [1.82, 2.24) is 20.9 Å². The van der Waals surface area contributed by atoms with Crippen molar-refractivity contribution in [2.75, 3.05) is 13.1 Å². The van der Waals surface area contributed by atoms with Gasteiger partial charge in [-0.05, 0) is 42.3 Å². The molecule has 7 heteroatoms. The van der Waals surface area contributed by atoms with E-state index in [9.17, 15) is 14.4 Å². The molecule has 1 unspecified atom stereocenters. The second-order valence-corrected chi connectivity index (χ2v) is 8.16. The molecule has 1 aromatic carbocycles. The molecule has 1 saturated carbocycles. The molecule has 1 aromatic rings. The summed E-state index contributed by atoms with van der Waals surface area (Å²) in [6, 6.07) is 5.90. The van der Waals surface area contributed by atoms with Crippen LogP contribution in [-0.4, -0.2) is 47.8 Å². The van der Waals surface area contributed by atoms with Gasteiger partial charge in [-0.1, -0.05) is 18.2 Å². The van der Waals surface area contributed by atoms with Crippen LogP contribution in [0.5, 0.6) is 0 Å². The molecule has 0 aromatic heterocycles. The Morgan fingerprint density at radius 3 is 2.85 bits per heavy atom. The highest BCUT2D eigenvalue weighted by atomic mass is 16.2. The van der Waals surface area contributed by atoms with Crippen molar-refractivity contribution in [3.63, 3.8) is 0 Å². The maximum absolute atomic E-state index is 13.0. The largest absolute Gasteiger partial charge is 0.322 e. The van der Waals surface area contributed by atoms with Gasteiger partial charge in [-0.25, -0.2) is 0 Å². The Morgan fingerprint density at radius 2 is 2.11 bits per heavy atom. The summed E-state index contributed by atoms with van der Waals surface area (Å²) in [5.41, 5.74) is 2.67.